The van der Waals surface area contributed by atoms with Gasteiger partial charge < -0.3 is 0 Å². The zero-order chi connectivity index (χ0) is 19.1. The number of hydrogen-bond acceptors (Lipinski definition) is 4. The van der Waals surface area contributed by atoms with Crippen LogP contribution in [-0.2, 0) is 13.6 Å². The summed E-state index contributed by atoms with van der Waals surface area (Å²) >= 11 is 0. The minimum atomic E-state index is -0.644. The van der Waals surface area contributed by atoms with E-state index in [1.807, 2.05) is 0 Å². The number of aryl methyl sites for hydroxylation is 1. The summed E-state index contributed by atoms with van der Waals surface area (Å²) < 4.78 is 31.0. The molecule has 27 heavy (non-hydrogen) atoms. The molecular formula is C19H15F2N5O. The molecule has 0 saturated heterocycles. The lowest BCUT2D eigenvalue weighted by molar-refractivity contribution is 0.570. The summed E-state index contributed by atoms with van der Waals surface area (Å²) in [4.78, 5) is 16.9. The predicted octanol–water partition coefficient (Wildman–Crippen LogP) is 2.83. The van der Waals surface area contributed by atoms with Crippen LogP contribution in [0.2, 0.25) is 0 Å². The van der Waals surface area contributed by atoms with Gasteiger partial charge in [0.25, 0.3) is 0 Å². The average molecular weight is 367 g/mol. The van der Waals surface area contributed by atoms with E-state index in [0.717, 1.165) is 0 Å². The van der Waals surface area contributed by atoms with Crippen molar-refractivity contribution in [1.29, 1.82) is 0 Å². The summed E-state index contributed by atoms with van der Waals surface area (Å²) in [7, 11) is 1.62. The van der Waals surface area contributed by atoms with Crippen molar-refractivity contribution in [1.82, 2.24) is 24.3 Å². The van der Waals surface area contributed by atoms with Crippen LogP contribution in [0.1, 0.15) is 11.3 Å². The molecule has 0 bridgehead atoms. The monoisotopic (exact) mass is 367 g/mol. The van der Waals surface area contributed by atoms with Crippen molar-refractivity contribution in [2.24, 2.45) is 7.05 Å². The fraction of sp³-hybridized carbons (Fsp3) is 0.158. The minimum absolute atomic E-state index is 0.0578. The standard InChI is InChI=1S/C19H15F2N5O/c1-11-15(20)6-5-14(17(11)21)12-8-16-18(22-9-12)25(2)19(27)26(16)10-13-4-3-7-23-24-13/h3-9H,10H2,1-2H3. The van der Waals surface area contributed by atoms with Crippen LogP contribution < -0.4 is 5.69 Å². The van der Waals surface area contributed by atoms with E-state index in [1.165, 1.54) is 34.4 Å². The molecule has 0 fully saturated rings. The largest absolute Gasteiger partial charge is 0.330 e. The number of pyridine rings is 1. The van der Waals surface area contributed by atoms with Crippen molar-refractivity contribution in [3.05, 3.63) is 76.1 Å². The third kappa shape index (κ3) is 2.79. The summed E-state index contributed by atoms with van der Waals surface area (Å²) in [5.41, 5.74) is 1.97. The number of imidazole rings is 1. The van der Waals surface area contributed by atoms with Crippen LogP contribution in [0.5, 0.6) is 0 Å². The Morgan fingerprint density at radius 1 is 1.19 bits per heavy atom. The van der Waals surface area contributed by atoms with Crippen molar-refractivity contribution in [2.45, 2.75) is 13.5 Å². The molecule has 0 aliphatic rings. The number of fused-ring (bicyclic) bond motifs is 1. The maximum absolute atomic E-state index is 14.5. The maximum Gasteiger partial charge on any atom is 0.330 e. The minimum Gasteiger partial charge on any atom is -0.284 e. The zero-order valence-electron chi connectivity index (χ0n) is 14.6. The molecule has 136 valence electrons. The van der Waals surface area contributed by atoms with Gasteiger partial charge in [0.1, 0.15) is 11.6 Å². The number of rotatable bonds is 3. The van der Waals surface area contributed by atoms with Gasteiger partial charge in [0.05, 0.1) is 17.8 Å². The lowest BCUT2D eigenvalue weighted by atomic mass is 10.0. The Labute approximate surface area is 152 Å². The molecule has 0 aliphatic heterocycles. The van der Waals surface area contributed by atoms with Crippen molar-refractivity contribution in [3.8, 4) is 11.1 Å². The van der Waals surface area contributed by atoms with Gasteiger partial charge in [0, 0.05) is 36.1 Å². The Kier molecular flexibility index (Phi) is 4.02. The molecule has 8 heteroatoms. The van der Waals surface area contributed by atoms with Gasteiger partial charge in [-0.25, -0.2) is 18.6 Å². The van der Waals surface area contributed by atoms with Gasteiger partial charge in [-0.2, -0.15) is 10.2 Å². The smallest absolute Gasteiger partial charge is 0.284 e. The molecule has 0 unspecified atom stereocenters. The normalized spacial score (nSPS) is 11.3. The van der Waals surface area contributed by atoms with Crippen molar-refractivity contribution in [3.63, 3.8) is 0 Å². The summed E-state index contributed by atoms with van der Waals surface area (Å²) in [6, 6.07) is 7.76. The average Bonchev–Trinajstić information content (AvgIpc) is 2.91. The van der Waals surface area contributed by atoms with Crippen LogP contribution in [0.4, 0.5) is 8.78 Å². The second-order valence-corrected chi connectivity index (χ2v) is 6.24. The summed E-state index contributed by atoms with van der Waals surface area (Å²) in [6.45, 7) is 1.59. The number of nitrogens with zero attached hydrogens (tertiary/aromatic N) is 5. The van der Waals surface area contributed by atoms with Gasteiger partial charge in [0.15, 0.2) is 5.65 Å². The van der Waals surface area contributed by atoms with Crippen LogP contribution in [0.15, 0.2) is 47.5 Å². The summed E-state index contributed by atoms with van der Waals surface area (Å²) in [5.74, 6) is -1.25. The number of aromatic nitrogens is 5. The molecule has 0 aliphatic carbocycles. The molecular weight excluding hydrogens is 352 g/mol. The highest BCUT2D eigenvalue weighted by atomic mass is 19.1. The number of benzene rings is 1. The first-order valence-electron chi connectivity index (χ1n) is 8.24. The maximum atomic E-state index is 14.5. The molecule has 1 aromatic carbocycles. The Bertz CT molecular complexity index is 1210. The van der Waals surface area contributed by atoms with Crippen molar-refractivity contribution in [2.75, 3.05) is 0 Å². The highest BCUT2D eigenvalue weighted by molar-refractivity contribution is 5.79. The van der Waals surface area contributed by atoms with Crippen molar-refractivity contribution >= 4 is 11.2 Å². The van der Waals surface area contributed by atoms with Crippen LogP contribution in [0.3, 0.4) is 0 Å². The Balaban J connectivity index is 1.91. The van der Waals surface area contributed by atoms with Gasteiger partial charge >= 0.3 is 5.69 Å². The lowest BCUT2D eigenvalue weighted by Gasteiger charge is -2.08. The lowest BCUT2D eigenvalue weighted by Crippen LogP contribution is -2.23. The van der Waals surface area contributed by atoms with E-state index < -0.39 is 11.6 Å². The van der Waals surface area contributed by atoms with Crippen LogP contribution in [-0.4, -0.2) is 24.3 Å². The molecule has 0 radical (unpaired) electrons. The van der Waals surface area contributed by atoms with Gasteiger partial charge in [-0.3, -0.25) is 9.13 Å². The Morgan fingerprint density at radius 3 is 2.74 bits per heavy atom. The topological polar surface area (TPSA) is 65.6 Å². The molecule has 0 amide bonds. The van der Waals surface area contributed by atoms with Crippen LogP contribution in [0.25, 0.3) is 22.3 Å². The molecule has 4 aromatic rings. The van der Waals surface area contributed by atoms with Crippen LogP contribution >= 0.6 is 0 Å². The van der Waals surface area contributed by atoms with E-state index in [4.69, 9.17) is 0 Å². The van der Waals surface area contributed by atoms with Gasteiger partial charge in [-0.15, -0.1) is 0 Å². The quantitative estimate of drug-likeness (QED) is 0.559. The highest BCUT2D eigenvalue weighted by Gasteiger charge is 2.17. The molecule has 4 rings (SSSR count). The number of hydrogen-bond donors (Lipinski definition) is 0. The second-order valence-electron chi connectivity index (χ2n) is 6.24. The molecule has 0 spiro atoms. The van der Waals surface area contributed by atoms with E-state index in [-0.39, 0.29) is 23.4 Å². The van der Waals surface area contributed by atoms with E-state index in [2.05, 4.69) is 15.2 Å². The summed E-state index contributed by atoms with van der Waals surface area (Å²) in [5, 5.41) is 7.83. The first-order chi connectivity index (χ1) is 13.0. The van der Waals surface area contributed by atoms with E-state index >= 15 is 0 Å². The van der Waals surface area contributed by atoms with E-state index in [0.29, 0.717) is 22.4 Å². The summed E-state index contributed by atoms with van der Waals surface area (Å²) in [6.07, 6.45) is 3.03. The van der Waals surface area contributed by atoms with Crippen LogP contribution in [0, 0.1) is 18.6 Å². The first kappa shape index (κ1) is 17.0. The first-order valence-corrected chi connectivity index (χ1v) is 8.24. The molecule has 3 heterocycles. The third-order valence-electron chi connectivity index (χ3n) is 4.55. The highest BCUT2D eigenvalue weighted by Crippen LogP contribution is 2.28. The molecule has 0 N–H and O–H groups in total. The fourth-order valence-corrected chi connectivity index (χ4v) is 3.04. The SMILES string of the molecule is Cc1c(F)ccc(-c2cnc3c(c2)n(Cc2cccnn2)c(=O)n3C)c1F. The van der Waals surface area contributed by atoms with E-state index in [1.54, 1.807) is 31.4 Å². The second kappa shape index (κ2) is 6.39. The van der Waals surface area contributed by atoms with Gasteiger partial charge in [-0.05, 0) is 37.3 Å². The van der Waals surface area contributed by atoms with E-state index in [9.17, 15) is 13.6 Å². The van der Waals surface area contributed by atoms with Gasteiger partial charge in [-0.1, -0.05) is 0 Å². The molecule has 6 nitrogen and oxygen atoms in total. The Morgan fingerprint density at radius 2 is 2.00 bits per heavy atom. The molecule has 0 saturated carbocycles. The molecule has 0 atom stereocenters. The predicted molar refractivity (Wildman–Crippen MR) is 96.2 cm³/mol. The zero-order valence-corrected chi connectivity index (χ0v) is 14.6. The molecule has 3 aromatic heterocycles. The number of halogens is 2. The third-order valence-corrected chi connectivity index (χ3v) is 4.55. The fourth-order valence-electron chi connectivity index (χ4n) is 3.04. The Hall–Kier alpha value is -3.42. The van der Waals surface area contributed by atoms with Gasteiger partial charge in [0.2, 0.25) is 0 Å². The van der Waals surface area contributed by atoms with Crippen molar-refractivity contribution < 1.29 is 8.78 Å².